The molecule has 0 saturated heterocycles. The van der Waals surface area contributed by atoms with E-state index in [1.54, 1.807) is 6.07 Å². The summed E-state index contributed by atoms with van der Waals surface area (Å²) in [7, 11) is 0. The van der Waals surface area contributed by atoms with Gasteiger partial charge in [-0.2, -0.15) is 0 Å². The third-order valence-electron chi connectivity index (χ3n) is 2.73. The number of aliphatic carboxylic acids is 1. The maximum Gasteiger partial charge on any atom is 0.328 e. The summed E-state index contributed by atoms with van der Waals surface area (Å²) >= 11 is 0. The average molecular weight is 271 g/mol. The molecule has 0 amide bonds. The summed E-state index contributed by atoms with van der Waals surface area (Å²) < 4.78 is 13.7. The summed E-state index contributed by atoms with van der Waals surface area (Å²) in [6.45, 7) is 0.504. The summed E-state index contributed by atoms with van der Waals surface area (Å²) in [5.74, 6) is -1.40. The SMILES string of the molecule is O=C(O)/C=C/c1ccc(F)c(NCc2ccccc2)c1. The molecule has 0 bridgehead atoms. The largest absolute Gasteiger partial charge is 0.478 e. The first-order valence-corrected chi connectivity index (χ1v) is 6.13. The zero-order valence-corrected chi connectivity index (χ0v) is 10.7. The molecule has 2 N–H and O–H groups in total. The number of benzene rings is 2. The number of rotatable bonds is 5. The molecule has 2 rings (SSSR count). The second-order valence-electron chi connectivity index (χ2n) is 4.25. The Morgan fingerprint density at radius 3 is 2.65 bits per heavy atom. The van der Waals surface area contributed by atoms with E-state index in [4.69, 9.17) is 5.11 Å². The molecule has 0 radical (unpaired) electrons. The standard InChI is InChI=1S/C16H14FNO2/c17-14-8-6-12(7-9-16(19)20)10-15(14)18-11-13-4-2-1-3-5-13/h1-10,18H,11H2,(H,19,20)/b9-7+. The van der Waals surface area contributed by atoms with Crippen LogP contribution in [0.1, 0.15) is 11.1 Å². The first-order chi connectivity index (χ1) is 9.65. The number of anilines is 1. The van der Waals surface area contributed by atoms with Gasteiger partial charge < -0.3 is 10.4 Å². The van der Waals surface area contributed by atoms with E-state index in [0.29, 0.717) is 17.8 Å². The van der Waals surface area contributed by atoms with Gasteiger partial charge in [0.05, 0.1) is 5.69 Å². The third-order valence-corrected chi connectivity index (χ3v) is 2.73. The molecule has 2 aromatic rings. The normalized spacial score (nSPS) is 10.7. The van der Waals surface area contributed by atoms with Crippen LogP contribution in [0.15, 0.2) is 54.6 Å². The van der Waals surface area contributed by atoms with E-state index in [1.165, 1.54) is 18.2 Å². The first-order valence-electron chi connectivity index (χ1n) is 6.13. The lowest BCUT2D eigenvalue weighted by Gasteiger charge is -2.08. The Hall–Kier alpha value is -2.62. The van der Waals surface area contributed by atoms with Gasteiger partial charge >= 0.3 is 5.97 Å². The zero-order chi connectivity index (χ0) is 14.4. The molecule has 0 aliphatic rings. The number of hydrogen-bond donors (Lipinski definition) is 2. The van der Waals surface area contributed by atoms with Gasteiger partial charge in [0.2, 0.25) is 0 Å². The Morgan fingerprint density at radius 1 is 1.20 bits per heavy atom. The molecule has 0 heterocycles. The molecule has 0 aliphatic heterocycles. The molecule has 0 unspecified atom stereocenters. The minimum Gasteiger partial charge on any atom is -0.478 e. The van der Waals surface area contributed by atoms with Crippen LogP contribution in [-0.2, 0) is 11.3 Å². The maximum atomic E-state index is 13.7. The number of nitrogens with one attached hydrogen (secondary N) is 1. The van der Waals surface area contributed by atoms with E-state index in [2.05, 4.69) is 5.32 Å². The van der Waals surface area contributed by atoms with Gasteiger partial charge in [-0.05, 0) is 29.3 Å². The Morgan fingerprint density at radius 2 is 1.95 bits per heavy atom. The van der Waals surface area contributed by atoms with Crippen molar-refractivity contribution in [2.24, 2.45) is 0 Å². The lowest BCUT2D eigenvalue weighted by molar-refractivity contribution is -0.131. The van der Waals surface area contributed by atoms with Gasteiger partial charge in [0.15, 0.2) is 0 Å². The third kappa shape index (κ3) is 3.95. The zero-order valence-electron chi connectivity index (χ0n) is 10.7. The molecule has 2 aromatic carbocycles. The van der Waals surface area contributed by atoms with Crippen LogP contribution in [0.3, 0.4) is 0 Å². The molecule has 0 aromatic heterocycles. The molecule has 102 valence electrons. The highest BCUT2D eigenvalue weighted by atomic mass is 19.1. The van der Waals surface area contributed by atoms with E-state index >= 15 is 0 Å². The minimum absolute atomic E-state index is 0.349. The van der Waals surface area contributed by atoms with Crippen molar-refractivity contribution in [2.75, 3.05) is 5.32 Å². The van der Waals surface area contributed by atoms with Crippen LogP contribution in [0.25, 0.3) is 6.08 Å². The Labute approximate surface area is 116 Å². The van der Waals surface area contributed by atoms with Crippen LogP contribution < -0.4 is 5.32 Å². The van der Waals surface area contributed by atoms with Crippen LogP contribution in [0.2, 0.25) is 0 Å². The van der Waals surface area contributed by atoms with Crippen LogP contribution in [-0.4, -0.2) is 11.1 Å². The number of halogens is 1. The number of carboxylic acid groups (broad SMARTS) is 1. The highest BCUT2D eigenvalue weighted by molar-refractivity contribution is 5.85. The fraction of sp³-hybridized carbons (Fsp3) is 0.0625. The lowest BCUT2D eigenvalue weighted by Crippen LogP contribution is -2.01. The summed E-state index contributed by atoms with van der Waals surface area (Å²) in [6, 6.07) is 14.1. The maximum absolute atomic E-state index is 13.7. The minimum atomic E-state index is -1.03. The fourth-order valence-corrected chi connectivity index (χ4v) is 1.74. The Bertz CT molecular complexity index is 624. The molecule has 0 atom stereocenters. The summed E-state index contributed by atoms with van der Waals surface area (Å²) in [4.78, 5) is 10.5. The Balaban J connectivity index is 2.10. The quantitative estimate of drug-likeness (QED) is 0.818. The topological polar surface area (TPSA) is 49.3 Å². The van der Waals surface area contributed by atoms with Crippen molar-refractivity contribution in [2.45, 2.75) is 6.54 Å². The molecule has 0 aliphatic carbocycles. The molecular weight excluding hydrogens is 257 g/mol. The van der Waals surface area contributed by atoms with Crippen LogP contribution in [0, 0.1) is 5.82 Å². The van der Waals surface area contributed by atoms with Gasteiger partial charge in [0.1, 0.15) is 5.82 Å². The van der Waals surface area contributed by atoms with E-state index in [1.807, 2.05) is 30.3 Å². The summed E-state index contributed by atoms with van der Waals surface area (Å²) in [6.07, 6.45) is 2.45. The monoisotopic (exact) mass is 271 g/mol. The van der Waals surface area contributed by atoms with Crippen LogP contribution in [0.5, 0.6) is 0 Å². The molecule has 20 heavy (non-hydrogen) atoms. The second-order valence-corrected chi connectivity index (χ2v) is 4.25. The summed E-state index contributed by atoms with van der Waals surface area (Å²) in [5, 5.41) is 11.6. The molecular formula is C16H14FNO2. The smallest absolute Gasteiger partial charge is 0.328 e. The van der Waals surface area contributed by atoms with Crippen molar-refractivity contribution < 1.29 is 14.3 Å². The van der Waals surface area contributed by atoms with Crippen molar-refractivity contribution in [3.05, 3.63) is 71.6 Å². The van der Waals surface area contributed by atoms with Gasteiger partial charge in [-0.15, -0.1) is 0 Å². The van der Waals surface area contributed by atoms with Crippen molar-refractivity contribution in [3.8, 4) is 0 Å². The molecule has 0 saturated carbocycles. The molecule has 3 nitrogen and oxygen atoms in total. The predicted octanol–water partition coefficient (Wildman–Crippen LogP) is 3.54. The van der Waals surface area contributed by atoms with E-state index in [-0.39, 0.29) is 5.82 Å². The van der Waals surface area contributed by atoms with Crippen LogP contribution >= 0.6 is 0 Å². The van der Waals surface area contributed by atoms with Gasteiger partial charge in [-0.1, -0.05) is 36.4 Å². The van der Waals surface area contributed by atoms with E-state index in [0.717, 1.165) is 11.6 Å². The van der Waals surface area contributed by atoms with Gasteiger partial charge in [0.25, 0.3) is 0 Å². The van der Waals surface area contributed by atoms with E-state index in [9.17, 15) is 9.18 Å². The number of carboxylic acids is 1. The number of carbonyl (C=O) groups is 1. The van der Waals surface area contributed by atoms with Gasteiger partial charge in [0, 0.05) is 12.6 Å². The van der Waals surface area contributed by atoms with Crippen molar-refractivity contribution in [3.63, 3.8) is 0 Å². The van der Waals surface area contributed by atoms with Gasteiger partial charge in [-0.25, -0.2) is 9.18 Å². The molecule has 4 heteroatoms. The van der Waals surface area contributed by atoms with Crippen molar-refractivity contribution in [1.82, 2.24) is 0 Å². The molecule has 0 spiro atoms. The second kappa shape index (κ2) is 6.52. The number of hydrogen-bond acceptors (Lipinski definition) is 2. The molecule has 0 fully saturated rings. The lowest BCUT2D eigenvalue weighted by atomic mass is 10.1. The Kier molecular flexibility index (Phi) is 4.50. The van der Waals surface area contributed by atoms with Gasteiger partial charge in [-0.3, -0.25) is 0 Å². The summed E-state index contributed by atoms with van der Waals surface area (Å²) in [5.41, 5.74) is 2.02. The highest BCUT2D eigenvalue weighted by Gasteiger charge is 2.02. The van der Waals surface area contributed by atoms with Crippen molar-refractivity contribution in [1.29, 1.82) is 0 Å². The average Bonchev–Trinajstić information content (AvgIpc) is 2.46. The van der Waals surface area contributed by atoms with Crippen molar-refractivity contribution >= 4 is 17.7 Å². The highest BCUT2D eigenvalue weighted by Crippen LogP contribution is 2.18. The fourth-order valence-electron chi connectivity index (χ4n) is 1.74. The van der Waals surface area contributed by atoms with E-state index < -0.39 is 5.97 Å². The first kappa shape index (κ1) is 13.8. The van der Waals surface area contributed by atoms with Crippen LogP contribution in [0.4, 0.5) is 10.1 Å². The predicted molar refractivity (Wildman–Crippen MR) is 76.8 cm³/mol.